The van der Waals surface area contributed by atoms with Gasteiger partial charge in [0.05, 0.1) is 6.61 Å². The van der Waals surface area contributed by atoms with E-state index in [1.165, 1.54) is 11.1 Å². The van der Waals surface area contributed by atoms with Gasteiger partial charge in [-0.1, -0.05) is 74.5 Å². The SMILES string of the molecule is CC(C)C[C@@H](CO)N1C=[N+](C(c2ccccc2)c2ccccc2)CC1.F[P-](F)(F)(F)(F)F. The second kappa shape index (κ2) is 9.40. The molecule has 1 heterocycles. The van der Waals surface area contributed by atoms with Crippen LogP contribution in [0.2, 0.25) is 0 Å². The van der Waals surface area contributed by atoms with Gasteiger partial charge in [-0.15, -0.1) is 0 Å². The predicted molar refractivity (Wildman–Crippen MR) is 117 cm³/mol. The van der Waals surface area contributed by atoms with Crippen LogP contribution in [-0.2, 0) is 0 Å². The summed E-state index contributed by atoms with van der Waals surface area (Å²) in [6.07, 6.45) is 3.25. The van der Waals surface area contributed by atoms with Crippen LogP contribution in [0.15, 0.2) is 60.7 Å². The molecule has 180 valence electrons. The molecule has 0 amide bonds. The zero-order valence-corrected chi connectivity index (χ0v) is 18.9. The second-order valence-corrected chi connectivity index (χ2v) is 10.2. The molecule has 10 heteroatoms. The fraction of sp³-hybridized carbons (Fsp3) is 0.409. The summed E-state index contributed by atoms with van der Waals surface area (Å²) in [5.74, 6) is 0.582. The second-order valence-electron chi connectivity index (χ2n) is 8.24. The topological polar surface area (TPSA) is 26.5 Å². The van der Waals surface area contributed by atoms with Gasteiger partial charge < -0.3 is 5.11 Å². The van der Waals surface area contributed by atoms with Gasteiger partial charge in [0, 0.05) is 11.1 Å². The quantitative estimate of drug-likeness (QED) is 0.263. The Labute approximate surface area is 184 Å². The minimum atomic E-state index is -10.7. The van der Waals surface area contributed by atoms with Gasteiger partial charge in [0.25, 0.3) is 0 Å². The molecule has 0 fully saturated rings. The van der Waals surface area contributed by atoms with Crippen LogP contribution in [0.25, 0.3) is 0 Å². The summed E-state index contributed by atoms with van der Waals surface area (Å²) >= 11 is 0. The number of rotatable bonds is 7. The van der Waals surface area contributed by atoms with Crippen molar-refractivity contribution in [2.24, 2.45) is 5.92 Å². The van der Waals surface area contributed by atoms with Crippen LogP contribution in [0.1, 0.15) is 37.4 Å². The van der Waals surface area contributed by atoms with Crippen molar-refractivity contribution in [3.63, 3.8) is 0 Å². The predicted octanol–water partition coefficient (Wildman–Crippen LogP) is 6.92. The number of benzene rings is 2. The zero-order chi connectivity index (χ0) is 24.1. The summed E-state index contributed by atoms with van der Waals surface area (Å²) in [5, 5.41) is 9.81. The van der Waals surface area contributed by atoms with Gasteiger partial charge in [0.2, 0.25) is 6.34 Å². The van der Waals surface area contributed by atoms with Crippen molar-refractivity contribution in [1.82, 2.24) is 4.90 Å². The van der Waals surface area contributed by atoms with E-state index in [-0.39, 0.29) is 18.7 Å². The molecule has 0 unspecified atom stereocenters. The van der Waals surface area contributed by atoms with Crippen molar-refractivity contribution >= 4 is 14.1 Å². The van der Waals surface area contributed by atoms with Crippen molar-refractivity contribution in [1.29, 1.82) is 0 Å². The first-order valence-electron chi connectivity index (χ1n) is 10.3. The number of nitrogens with zero attached hydrogens (tertiary/aromatic N) is 2. The number of aliphatic hydroxyl groups is 1. The van der Waals surface area contributed by atoms with E-state index < -0.39 is 7.81 Å². The summed E-state index contributed by atoms with van der Waals surface area (Å²) in [6, 6.07) is 21.8. The molecule has 0 bridgehead atoms. The molecule has 1 atom stereocenters. The van der Waals surface area contributed by atoms with E-state index >= 15 is 0 Å². The number of aliphatic hydroxyl groups excluding tert-OH is 1. The Hall–Kier alpha value is -2.12. The van der Waals surface area contributed by atoms with E-state index in [1.807, 2.05) is 0 Å². The van der Waals surface area contributed by atoms with Crippen LogP contribution in [0, 0.1) is 5.92 Å². The Bertz CT molecular complexity index is 838. The molecule has 1 N–H and O–H groups in total. The molecule has 2 aromatic carbocycles. The Kier molecular flexibility index (Phi) is 7.67. The summed E-state index contributed by atoms with van der Waals surface area (Å²) < 4.78 is 61.6. The molecule has 0 radical (unpaired) electrons. The molecular weight excluding hydrogens is 453 g/mol. The van der Waals surface area contributed by atoms with Crippen molar-refractivity contribution in [3.05, 3.63) is 71.8 Å². The van der Waals surface area contributed by atoms with Gasteiger partial charge in [-0.2, -0.15) is 0 Å². The summed E-state index contributed by atoms with van der Waals surface area (Å²) in [5.41, 5.74) is 2.60. The maximum absolute atomic E-state index is 10.7. The van der Waals surface area contributed by atoms with Gasteiger partial charge in [0.1, 0.15) is 25.2 Å². The van der Waals surface area contributed by atoms with Crippen molar-refractivity contribution in [2.75, 3.05) is 19.7 Å². The van der Waals surface area contributed by atoms with Crippen LogP contribution in [0.3, 0.4) is 0 Å². The van der Waals surface area contributed by atoms with Gasteiger partial charge in [0.15, 0.2) is 0 Å². The molecule has 32 heavy (non-hydrogen) atoms. The van der Waals surface area contributed by atoms with E-state index in [1.54, 1.807) is 0 Å². The fourth-order valence-corrected chi connectivity index (χ4v) is 3.71. The molecule has 3 rings (SSSR count). The molecule has 0 saturated carbocycles. The van der Waals surface area contributed by atoms with Gasteiger partial charge in [-0.05, 0) is 12.3 Å². The molecule has 0 spiro atoms. The van der Waals surface area contributed by atoms with Crippen LogP contribution in [0.5, 0.6) is 0 Å². The molecule has 3 nitrogen and oxygen atoms in total. The van der Waals surface area contributed by atoms with E-state index in [0.717, 1.165) is 19.5 Å². The van der Waals surface area contributed by atoms with E-state index in [9.17, 15) is 30.3 Å². The fourth-order valence-electron chi connectivity index (χ4n) is 3.71. The maximum atomic E-state index is 9.87. The van der Waals surface area contributed by atoms with E-state index in [4.69, 9.17) is 0 Å². The molecular formula is C22H29F6N2OP. The minimum absolute atomic E-state index is 0.206. The zero-order valence-electron chi connectivity index (χ0n) is 18.0. The van der Waals surface area contributed by atoms with Crippen LogP contribution < -0.4 is 0 Å². The molecule has 0 aliphatic carbocycles. The Balaban J connectivity index is 0.000000451. The Morgan fingerprint density at radius 3 is 1.69 bits per heavy atom. The van der Waals surface area contributed by atoms with Crippen LogP contribution in [-0.4, -0.2) is 46.7 Å². The molecule has 0 saturated heterocycles. The average molecular weight is 482 g/mol. The number of hydrogen-bond acceptors (Lipinski definition) is 2. The van der Waals surface area contributed by atoms with Gasteiger partial charge in [-0.3, -0.25) is 9.48 Å². The molecule has 1 aliphatic rings. The average Bonchev–Trinajstić information content (AvgIpc) is 3.15. The Morgan fingerprint density at radius 2 is 1.31 bits per heavy atom. The third kappa shape index (κ3) is 10.0. The summed E-state index contributed by atoms with van der Waals surface area (Å²) in [7, 11) is -10.7. The number of hydrogen-bond donors (Lipinski definition) is 1. The number of halogens is 6. The Morgan fingerprint density at radius 1 is 0.875 bits per heavy atom. The summed E-state index contributed by atoms with van der Waals surface area (Å²) in [4.78, 5) is 2.32. The van der Waals surface area contributed by atoms with E-state index in [2.05, 4.69) is 90.3 Å². The first kappa shape index (κ1) is 26.1. The molecule has 0 aromatic heterocycles. The van der Waals surface area contributed by atoms with E-state index in [0.29, 0.717) is 5.92 Å². The standard InChI is InChI=1S/C22H29N2O.F6P/c1-18(2)15-21(16-25)23-13-14-24(17-23)22(19-9-5-3-6-10-19)20-11-7-4-8-12-20;1-7(2,3,4,5)6/h3-12,17-18,21-22,25H,13-16H2,1-2H3;/q+1;-1/t21-;/m0./s1. The third-order valence-corrected chi connectivity index (χ3v) is 4.90. The molecule has 1 aliphatic heterocycles. The third-order valence-electron chi connectivity index (χ3n) is 4.90. The van der Waals surface area contributed by atoms with Crippen LogP contribution >= 0.6 is 7.81 Å². The van der Waals surface area contributed by atoms with Gasteiger partial charge in [-0.25, -0.2) is 0 Å². The van der Waals surface area contributed by atoms with Crippen molar-refractivity contribution < 1.29 is 34.9 Å². The van der Waals surface area contributed by atoms with Crippen molar-refractivity contribution in [2.45, 2.75) is 32.4 Å². The normalized spacial score (nSPS) is 17.3. The van der Waals surface area contributed by atoms with Crippen LogP contribution in [0.4, 0.5) is 25.2 Å². The monoisotopic (exact) mass is 482 g/mol. The first-order chi connectivity index (χ1) is 14.6. The molecule has 2 aromatic rings. The van der Waals surface area contributed by atoms with Crippen molar-refractivity contribution in [3.8, 4) is 0 Å². The first-order valence-corrected chi connectivity index (χ1v) is 12.3. The van der Waals surface area contributed by atoms with Gasteiger partial charge >= 0.3 is 33.0 Å². The summed E-state index contributed by atoms with van der Waals surface area (Å²) in [6.45, 7) is 6.58.